The molecule has 2 aromatic heterocycles. The standard InChI is InChI=1S/C23H17ClN4O2/c1-30-16-8-10-20-18(12-16)23(29)27-28(20)13-21-25-19-9-7-15(24)11-17(19)22(26-21)14-5-3-2-4-6-14/h2-12H,13H2,1H3,(H,27,29). The first kappa shape index (κ1) is 18.4. The molecule has 0 aliphatic carbocycles. The van der Waals surface area contributed by atoms with Gasteiger partial charge in [0, 0.05) is 16.0 Å². The fourth-order valence-electron chi connectivity index (χ4n) is 3.60. The number of benzene rings is 3. The number of H-pyrrole nitrogens is 1. The van der Waals surface area contributed by atoms with Gasteiger partial charge in [0.15, 0.2) is 5.82 Å². The minimum absolute atomic E-state index is 0.181. The van der Waals surface area contributed by atoms with Gasteiger partial charge in [-0.2, -0.15) is 0 Å². The third-order valence-electron chi connectivity index (χ3n) is 5.03. The van der Waals surface area contributed by atoms with Gasteiger partial charge in [-0.25, -0.2) is 9.97 Å². The summed E-state index contributed by atoms with van der Waals surface area (Å²) in [5, 5.41) is 4.95. The van der Waals surface area contributed by atoms with Crippen LogP contribution in [-0.4, -0.2) is 26.9 Å². The fourth-order valence-corrected chi connectivity index (χ4v) is 3.78. The van der Waals surface area contributed by atoms with Gasteiger partial charge in [0.2, 0.25) is 0 Å². The van der Waals surface area contributed by atoms with E-state index in [4.69, 9.17) is 26.3 Å². The second-order valence-corrected chi connectivity index (χ2v) is 7.36. The van der Waals surface area contributed by atoms with Gasteiger partial charge in [-0.1, -0.05) is 41.9 Å². The van der Waals surface area contributed by atoms with Crippen molar-refractivity contribution in [3.05, 3.63) is 87.9 Å². The molecule has 0 saturated heterocycles. The van der Waals surface area contributed by atoms with Crippen LogP contribution in [0.4, 0.5) is 0 Å². The first-order valence-corrected chi connectivity index (χ1v) is 9.78. The van der Waals surface area contributed by atoms with Crippen LogP contribution in [0.5, 0.6) is 5.75 Å². The van der Waals surface area contributed by atoms with E-state index in [0.29, 0.717) is 28.5 Å². The lowest BCUT2D eigenvalue weighted by Crippen LogP contribution is -2.10. The summed E-state index contributed by atoms with van der Waals surface area (Å²) in [6, 6.07) is 20.9. The third-order valence-corrected chi connectivity index (χ3v) is 5.26. The largest absolute Gasteiger partial charge is 0.497 e. The maximum atomic E-state index is 12.4. The van der Waals surface area contributed by atoms with Gasteiger partial charge in [-0.3, -0.25) is 14.6 Å². The summed E-state index contributed by atoms with van der Waals surface area (Å²) in [5.74, 6) is 1.23. The van der Waals surface area contributed by atoms with E-state index in [1.807, 2.05) is 60.7 Å². The molecule has 30 heavy (non-hydrogen) atoms. The molecule has 1 N–H and O–H groups in total. The first-order valence-electron chi connectivity index (χ1n) is 9.40. The number of hydrogen-bond donors (Lipinski definition) is 1. The van der Waals surface area contributed by atoms with Crippen LogP contribution in [0.25, 0.3) is 33.1 Å². The molecule has 0 aliphatic heterocycles. The lowest BCUT2D eigenvalue weighted by atomic mass is 10.1. The van der Waals surface area contributed by atoms with E-state index in [-0.39, 0.29) is 5.56 Å². The predicted molar refractivity (Wildman–Crippen MR) is 118 cm³/mol. The number of hydrogen-bond acceptors (Lipinski definition) is 4. The van der Waals surface area contributed by atoms with E-state index in [9.17, 15) is 4.79 Å². The topological polar surface area (TPSA) is 72.8 Å². The maximum absolute atomic E-state index is 12.4. The predicted octanol–water partition coefficient (Wildman–Crippen LogP) is 4.65. The molecule has 0 atom stereocenters. The average molecular weight is 417 g/mol. The summed E-state index contributed by atoms with van der Waals surface area (Å²) in [7, 11) is 1.58. The van der Waals surface area contributed by atoms with Crippen molar-refractivity contribution in [1.82, 2.24) is 19.7 Å². The molecular weight excluding hydrogens is 400 g/mol. The van der Waals surface area contributed by atoms with Crippen molar-refractivity contribution in [3.8, 4) is 17.0 Å². The van der Waals surface area contributed by atoms with Crippen molar-refractivity contribution < 1.29 is 4.74 Å². The van der Waals surface area contributed by atoms with E-state index < -0.39 is 0 Å². The Labute approximate surface area is 176 Å². The monoisotopic (exact) mass is 416 g/mol. The fraction of sp³-hybridized carbons (Fsp3) is 0.0870. The minimum Gasteiger partial charge on any atom is -0.497 e. The summed E-state index contributed by atoms with van der Waals surface area (Å²) < 4.78 is 6.98. The zero-order chi connectivity index (χ0) is 20.7. The SMILES string of the molecule is COc1ccc2c(c1)c(=O)[nH]n2Cc1nc(-c2ccccc2)c2cc(Cl)ccc2n1. The van der Waals surface area contributed by atoms with Gasteiger partial charge in [-0.15, -0.1) is 0 Å². The van der Waals surface area contributed by atoms with Gasteiger partial charge < -0.3 is 4.74 Å². The van der Waals surface area contributed by atoms with Crippen molar-refractivity contribution in [1.29, 1.82) is 0 Å². The number of rotatable bonds is 4. The quantitative estimate of drug-likeness (QED) is 0.463. The van der Waals surface area contributed by atoms with Crippen LogP contribution in [-0.2, 0) is 6.54 Å². The summed E-state index contributed by atoms with van der Waals surface area (Å²) in [6.45, 7) is 0.323. The van der Waals surface area contributed by atoms with Crippen LogP contribution in [0, 0.1) is 0 Å². The number of ether oxygens (including phenoxy) is 1. The zero-order valence-electron chi connectivity index (χ0n) is 16.1. The highest BCUT2D eigenvalue weighted by Gasteiger charge is 2.13. The van der Waals surface area contributed by atoms with E-state index in [0.717, 1.165) is 27.7 Å². The summed E-state index contributed by atoms with van der Waals surface area (Å²) in [4.78, 5) is 21.9. The number of nitrogens with zero attached hydrogens (tertiary/aromatic N) is 3. The van der Waals surface area contributed by atoms with Gasteiger partial charge >= 0.3 is 0 Å². The van der Waals surface area contributed by atoms with Crippen LogP contribution in [0.1, 0.15) is 5.82 Å². The molecule has 5 aromatic rings. The van der Waals surface area contributed by atoms with Crippen LogP contribution in [0.2, 0.25) is 5.02 Å². The molecule has 0 spiro atoms. The smallest absolute Gasteiger partial charge is 0.272 e. The van der Waals surface area contributed by atoms with Crippen LogP contribution in [0.15, 0.2) is 71.5 Å². The molecule has 7 heteroatoms. The van der Waals surface area contributed by atoms with Crippen LogP contribution in [0.3, 0.4) is 0 Å². The van der Waals surface area contributed by atoms with Gasteiger partial charge in [-0.05, 0) is 36.4 Å². The Balaban J connectivity index is 1.66. The highest BCUT2D eigenvalue weighted by molar-refractivity contribution is 6.31. The Bertz CT molecular complexity index is 1440. The first-order chi connectivity index (χ1) is 14.6. The number of fused-ring (bicyclic) bond motifs is 2. The molecule has 0 fully saturated rings. The van der Waals surface area contributed by atoms with E-state index in [1.165, 1.54) is 0 Å². The Kier molecular flexibility index (Phi) is 4.48. The Morgan fingerprint density at radius 1 is 1.00 bits per heavy atom. The summed E-state index contributed by atoms with van der Waals surface area (Å²) >= 11 is 6.23. The highest BCUT2D eigenvalue weighted by Crippen LogP contribution is 2.28. The molecular formula is C23H17ClN4O2. The highest BCUT2D eigenvalue weighted by atomic mass is 35.5. The average Bonchev–Trinajstić information content (AvgIpc) is 3.08. The van der Waals surface area contributed by atoms with Crippen molar-refractivity contribution in [3.63, 3.8) is 0 Å². The molecule has 5 rings (SSSR count). The molecule has 6 nitrogen and oxygen atoms in total. The molecule has 0 radical (unpaired) electrons. The zero-order valence-corrected chi connectivity index (χ0v) is 16.8. The number of nitrogens with one attached hydrogen (secondary N) is 1. The Morgan fingerprint density at radius 3 is 2.63 bits per heavy atom. The number of halogens is 1. The molecule has 0 unspecified atom stereocenters. The van der Waals surface area contributed by atoms with Crippen molar-refractivity contribution in [2.24, 2.45) is 0 Å². The van der Waals surface area contributed by atoms with Crippen molar-refractivity contribution in [2.45, 2.75) is 6.54 Å². The van der Waals surface area contributed by atoms with Crippen molar-refractivity contribution >= 4 is 33.4 Å². The maximum Gasteiger partial charge on any atom is 0.272 e. The number of methoxy groups -OCH3 is 1. The number of aromatic nitrogens is 4. The third kappa shape index (κ3) is 3.21. The second kappa shape index (κ2) is 7.31. The molecule has 0 amide bonds. The van der Waals surface area contributed by atoms with Gasteiger partial charge in [0.05, 0.1) is 35.8 Å². The minimum atomic E-state index is -0.181. The normalized spacial score (nSPS) is 11.3. The molecule has 3 aromatic carbocycles. The lowest BCUT2D eigenvalue weighted by molar-refractivity contribution is 0.415. The van der Waals surface area contributed by atoms with Gasteiger partial charge in [0.25, 0.3) is 5.56 Å². The summed E-state index contributed by atoms with van der Waals surface area (Å²) in [6.07, 6.45) is 0. The Morgan fingerprint density at radius 2 is 1.83 bits per heavy atom. The lowest BCUT2D eigenvalue weighted by Gasteiger charge is -2.10. The van der Waals surface area contributed by atoms with E-state index >= 15 is 0 Å². The number of aromatic amines is 1. The molecule has 148 valence electrons. The molecule has 0 aliphatic rings. The van der Waals surface area contributed by atoms with E-state index in [1.54, 1.807) is 17.9 Å². The second-order valence-electron chi connectivity index (χ2n) is 6.93. The summed E-state index contributed by atoms with van der Waals surface area (Å²) in [5.41, 5.74) is 3.16. The van der Waals surface area contributed by atoms with Crippen LogP contribution >= 0.6 is 11.6 Å². The van der Waals surface area contributed by atoms with E-state index in [2.05, 4.69) is 5.10 Å². The van der Waals surface area contributed by atoms with Crippen LogP contribution < -0.4 is 10.3 Å². The molecule has 0 saturated carbocycles. The Hall–Kier alpha value is -3.64. The molecule has 2 heterocycles. The molecule has 0 bridgehead atoms. The van der Waals surface area contributed by atoms with Crippen molar-refractivity contribution in [2.75, 3.05) is 7.11 Å². The van der Waals surface area contributed by atoms with Gasteiger partial charge in [0.1, 0.15) is 5.75 Å².